The van der Waals surface area contributed by atoms with Crippen molar-refractivity contribution in [1.29, 1.82) is 0 Å². The number of sulfonamides is 1. The fraction of sp³-hybridized carbons (Fsp3) is 0.500. The third-order valence-corrected chi connectivity index (χ3v) is 4.80. The van der Waals surface area contributed by atoms with Gasteiger partial charge in [-0.15, -0.1) is 0 Å². The van der Waals surface area contributed by atoms with Crippen molar-refractivity contribution in [3.8, 4) is 5.75 Å². The van der Waals surface area contributed by atoms with E-state index >= 15 is 0 Å². The topological polar surface area (TPSA) is 75.7 Å². The first-order valence-electron chi connectivity index (χ1n) is 6.76. The molecule has 21 heavy (non-hydrogen) atoms. The van der Waals surface area contributed by atoms with Gasteiger partial charge < -0.3 is 10.1 Å². The Labute approximate surface area is 125 Å². The van der Waals surface area contributed by atoms with Crippen LogP contribution in [0.1, 0.15) is 5.56 Å². The van der Waals surface area contributed by atoms with E-state index in [0.29, 0.717) is 6.54 Å². The average molecular weight is 312 g/mol. The number of methoxy groups -OCH3 is 1. The zero-order chi connectivity index (χ0) is 15.5. The minimum atomic E-state index is -3.16. The quantitative estimate of drug-likeness (QED) is 0.817. The van der Waals surface area contributed by atoms with Crippen LogP contribution in [0.4, 0.5) is 0 Å². The summed E-state index contributed by atoms with van der Waals surface area (Å²) in [5.74, 6) is 0.497. The number of benzene rings is 1. The van der Waals surface area contributed by atoms with E-state index < -0.39 is 10.0 Å². The molecule has 1 aromatic carbocycles. The van der Waals surface area contributed by atoms with Gasteiger partial charge in [-0.1, -0.05) is 12.1 Å². The van der Waals surface area contributed by atoms with Crippen molar-refractivity contribution in [1.82, 2.24) is 9.62 Å². The number of hydrogen-bond donors (Lipinski definition) is 1. The van der Waals surface area contributed by atoms with Gasteiger partial charge in [-0.2, -0.15) is 0 Å². The van der Waals surface area contributed by atoms with Crippen molar-refractivity contribution in [3.63, 3.8) is 0 Å². The first-order chi connectivity index (χ1) is 9.90. The van der Waals surface area contributed by atoms with E-state index in [1.807, 2.05) is 24.3 Å². The minimum absolute atomic E-state index is 0.0802. The predicted molar refractivity (Wildman–Crippen MR) is 79.6 cm³/mol. The summed E-state index contributed by atoms with van der Waals surface area (Å²) in [6, 6.07) is 7.68. The molecule has 0 radical (unpaired) electrons. The number of ether oxygens (including phenoxy) is 1. The third kappa shape index (κ3) is 4.18. The van der Waals surface area contributed by atoms with Crippen LogP contribution in [0, 0.1) is 5.92 Å². The van der Waals surface area contributed by atoms with E-state index in [1.54, 1.807) is 7.11 Å². The number of rotatable bonds is 6. The van der Waals surface area contributed by atoms with E-state index in [2.05, 4.69) is 5.32 Å². The number of nitrogens with zero attached hydrogens (tertiary/aromatic N) is 1. The molecule has 1 amide bonds. The summed E-state index contributed by atoms with van der Waals surface area (Å²) in [7, 11) is -1.54. The smallest absolute Gasteiger partial charge is 0.225 e. The maximum absolute atomic E-state index is 11.8. The fourth-order valence-electron chi connectivity index (χ4n) is 2.14. The van der Waals surface area contributed by atoms with E-state index in [4.69, 9.17) is 4.74 Å². The Morgan fingerprint density at radius 3 is 2.48 bits per heavy atom. The molecule has 1 N–H and O–H groups in total. The van der Waals surface area contributed by atoms with Crippen LogP contribution in [0.15, 0.2) is 24.3 Å². The van der Waals surface area contributed by atoms with Gasteiger partial charge in [0.15, 0.2) is 0 Å². The molecule has 1 aliphatic rings. The van der Waals surface area contributed by atoms with Gasteiger partial charge >= 0.3 is 0 Å². The molecule has 0 atom stereocenters. The lowest BCUT2D eigenvalue weighted by molar-refractivity contribution is -0.128. The molecule has 0 saturated carbocycles. The van der Waals surface area contributed by atoms with Crippen molar-refractivity contribution in [2.45, 2.75) is 6.42 Å². The van der Waals surface area contributed by atoms with Gasteiger partial charge in [0, 0.05) is 19.6 Å². The predicted octanol–water partition coefficient (Wildman–Crippen LogP) is 0.245. The first-order valence-corrected chi connectivity index (χ1v) is 8.61. The van der Waals surface area contributed by atoms with E-state index in [9.17, 15) is 13.2 Å². The van der Waals surface area contributed by atoms with Crippen molar-refractivity contribution in [2.75, 3.05) is 33.0 Å². The van der Waals surface area contributed by atoms with Crippen molar-refractivity contribution < 1.29 is 17.9 Å². The lowest BCUT2D eigenvalue weighted by Gasteiger charge is -2.35. The molecule has 0 unspecified atom stereocenters. The van der Waals surface area contributed by atoms with Crippen LogP contribution in [0.5, 0.6) is 5.75 Å². The summed E-state index contributed by atoms with van der Waals surface area (Å²) < 4.78 is 28.8. The van der Waals surface area contributed by atoms with Crippen molar-refractivity contribution >= 4 is 15.9 Å². The monoisotopic (exact) mass is 312 g/mol. The lowest BCUT2D eigenvalue weighted by atomic mass is 10.0. The van der Waals surface area contributed by atoms with Crippen molar-refractivity contribution in [2.24, 2.45) is 5.92 Å². The normalized spacial score (nSPS) is 16.3. The molecule has 0 aromatic heterocycles. The van der Waals surface area contributed by atoms with Gasteiger partial charge in [0.05, 0.1) is 19.3 Å². The second-order valence-electron chi connectivity index (χ2n) is 5.17. The molecular weight excluding hydrogens is 292 g/mol. The molecule has 1 saturated heterocycles. The minimum Gasteiger partial charge on any atom is -0.497 e. The summed E-state index contributed by atoms with van der Waals surface area (Å²) in [6.07, 6.45) is 1.89. The van der Waals surface area contributed by atoms with E-state index in [1.165, 1.54) is 4.31 Å². The van der Waals surface area contributed by atoms with E-state index in [-0.39, 0.29) is 24.9 Å². The second kappa shape index (κ2) is 6.44. The highest BCUT2D eigenvalue weighted by atomic mass is 32.2. The van der Waals surface area contributed by atoms with Gasteiger partial charge in [0.2, 0.25) is 15.9 Å². The Hall–Kier alpha value is -1.60. The second-order valence-corrected chi connectivity index (χ2v) is 7.15. The summed E-state index contributed by atoms with van der Waals surface area (Å²) in [6.45, 7) is 1.11. The molecular formula is C14H20N2O4S. The summed E-state index contributed by atoms with van der Waals surface area (Å²) in [5.41, 5.74) is 1.11. The first kappa shape index (κ1) is 15.8. The summed E-state index contributed by atoms with van der Waals surface area (Å²) in [5, 5.41) is 2.84. The summed E-state index contributed by atoms with van der Waals surface area (Å²) >= 11 is 0. The molecule has 1 heterocycles. The van der Waals surface area contributed by atoms with Crippen LogP contribution in [-0.2, 0) is 21.2 Å². The van der Waals surface area contributed by atoms with Crippen LogP contribution >= 0.6 is 0 Å². The Bertz CT molecular complexity index is 592. The number of amides is 1. The van der Waals surface area contributed by atoms with Gasteiger partial charge in [-0.25, -0.2) is 12.7 Å². The third-order valence-electron chi connectivity index (χ3n) is 3.56. The highest BCUT2D eigenvalue weighted by Gasteiger charge is 2.37. The SMILES string of the molecule is COc1ccc(CCNC(=O)C2CN(S(C)(=O)=O)C2)cc1. The molecule has 0 aliphatic carbocycles. The Morgan fingerprint density at radius 2 is 1.95 bits per heavy atom. The number of hydrogen-bond acceptors (Lipinski definition) is 4. The molecule has 1 aliphatic heterocycles. The van der Waals surface area contributed by atoms with Gasteiger partial charge in [0.25, 0.3) is 0 Å². The highest BCUT2D eigenvalue weighted by molar-refractivity contribution is 7.88. The maximum atomic E-state index is 11.8. The van der Waals surface area contributed by atoms with Crippen molar-refractivity contribution in [3.05, 3.63) is 29.8 Å². The highest BCUT2D eigenvalue weighted by Crippen LogP contribution is 2.18. The Morgan fingerprint density at radius 1 is 1.33 bits per heavy atom. The molecule has 0 spiro atoms. The van der Waals surface area contributed by atoms with Gasteiger partial charge in [0.1, 0.15) is 5.75 Å². The van der Waals surface area contributed by atoms with Crippen LogP contribution in [0.25, 0.3) is 0 Å². The molecule has 0 bridgehead atoms. The van der Waals surface area contributed by atoms with Crippen LogP contribution < -0.4 is 10.1 Å². The Balaban J connectivity index is 1.70. The van der Waals surface area contributed by atoms with Crippen LogP contribution in [0.3, 0.4) is 0 Å². The van der Waals surface area contributed by atoms with Crippen LogP contribution in [-0.4, -0.2) is 51.6 Å². The lowest BCUT2D eigenvalue weighted by Crippen LogP contribution is -2.55. The average Bonchev–Trinajstić information content (AvgIpc) is 2.36. The number of carbonyl (C=O) groups excluding carboxylic acids is 1. The van der Waals surface area contributed by atoms with Crippen LogP contribution in [0.2, 0.25) is 0 Å². The molecule has 6 nitrogen and oxygen atoms in total. The number of carbonyl (C=O) groups is 1. The zero-order valence-electron chi connectivity index (χ0n) is 12.2. The fourth-order valence-corrected chi connectivity index (χ4v) is 3.04. The zero-order valence-corrected chi connectivity index (χ0v) is 13.0. The summed E-state index contributed by atoms with van der Waals surface area (Å²) in [4.78, 5) is 11.8. The molecule has 1 fully saturated rings. The van der Waals surface area contributed by atoms with Gasteiger partial charge in [-0.05, 0) is 24.1 Å². The molecule has 2 rings (SSSR count). The van der Waals surface area contributed by atoms with E-state index in [0.717, 1.165) is 24.0 Å². The standard InChI is InChI=1S/C14H20N2O4S/c1-20-13-5-3-11(4-6-13)7-8-15-14(17)12-9-16(10-12)21(2,18)19/h3-6,12H,7-10H2,1-2H3,(H,15,17). The van der Waals surface area contributed by atoms with Gasteiger partial charge in [-0.3, -0.25) is 4.79 Å². The Kier molecular flexibility index (Phi) is 4.84. The number of nitrogens with one attached hydrogen (secondary N) is 1. The molecule has 7 heteroatoms. The maximum Gasteiger partial charge on any atom is 0.225 e. The molecule has 1 aromatic rings. The molecule has 116 valence electrons. The largest absolute Gasteiger partial charge is 0.497 e.